The highest BCUT2D eigenvalue weighted by Crippen LogP contribution is 2.34. The number of nitrogens with one attached hydrogen (secondary N) is 1. The normalized spacial score (nSPS) is 22.6. The zero-order valence-corrected chi connectivity index (χ0v) is 16.1. The molecule has 1 N–H and O–H groups in total. The van der Waals surface area contributed by atoms with E-state index in [-0.39, 0.29) is 10.9 Å². The third-order valence-electron chi connectivity index (χ3n) is 5.68. The number of urea groups is 1. The minimum atomic E-state index is -3.66. The molecule has 2 fully saturated rings. The van der Waals surface area contributed by atoms with Gasteiger partial charge in [-0.1, -0.05) is 6.07 Å². The van der Waals surface area contributed by atoms with Gasteiger partial charge in [0.25, 0.3) is 0 Å². The van der Waals surface area contributed by atoms with Crippen LogP contribution < -0.4 is 5.32 Å². The Morgan fingerprint density at radius 2 is 1.81 bits per heavy atom. The molecule has 144 valence electrons. The monoisotopic (exact) mass is 383 g/mol. The Kier molecular flexibility index (Phi) is 5.53. The van der Waals surface area contributed by atoms with E-state index in [1.165, 1.54) is 16.4 Å². The second-order valence-corrected chi connectivity index (χ2v) is 9.14. The molecule has 0 aromatic heterocycles. The van der Waals surface area contributed by atoms with Gasteiger partial charge in [0.2, 0.25) is 10.0 Å². The van der Waals surface area contributed by atoms with E-state index in [0.717, 1.165) is 25.3 Å². The number of carbonyl (C=O) groups excluding carboxylic acids is 1. The van der Waals surface area contributed by atoms with Gasteiger partial charge in [0.05, 0.1) is 4.90 Å². The summed E-state index contributed by atoms with van der Waals surface area (Å²) >= 11 is 0. The fourth-order valence-electron chi connectivity index (χ4n) is 3.97. The highest BCUT2D eigenvalue weighted by atomic mass is 32.2. The molecule has 2 amide bonds. The van der Waals surface area contributed by atoms with Gasteiger partial charge in [-0.3, -0.25) is 0 Å². The molecule has 3 rings (SSSR count). The maximum absolute atomic E-state index is 13.8. The van der Waals surface area contributed by atoms with Gasteiger partial charge < -0.3 is 10.2 Å². The average Bonchev–Trinajstić information content (AvgIpc) is 3.14. The molecule has 2 aliphatic rings. The number of nitrogens with zero attached hydrogens (tertiary/aromatic N) is 2. The first-order valence-corrected chi connectivity index (χ1v) is 10.5. The van der Waals surface area contributed by atoms with Crippen LogP contribution >= 0.6 is 0 Å². The molecule has 0 radical (unpaired) electrons. The van der Waals surface area contributed by atoms with Crippen LogP contribution in [0.4, 0.5) is 9.18 Å². The molecule has 8 heteroatoms. The van der Waals surface area contributed by atoms with Crippen molar-refractivity contribution in [1.82, 2.24) is 14.5 Å². The van der Waals surface area contributed by atoms with Gasteiger partial charge in [0, 0.05) is 33.2 Å². The van der Waals surface area contributed by atoms with Gasteiger partial charge in [0.1, 0.15) is 5.82 Å². The van der Waals surface area contributed by atoms with Crippen LogP contribution in [0, 0.1) is 24.6 Å². The average molecular weight is 383 g/mol. The zero-order chi connectivity index (χ0) is 18.9. The summed E-state index contributed by atoms with van der Waals surface area (Å²) in [5.41, 5.74) is 0.436. The fourth-order valence-corrected chi connectivity index (χ4v) is 5.50. The Balaban J connectivity index is 1.63. The lowest BCUT2D eigenvalue weighted by molar-refractivity contribution is 0.153. The number of carbonyl (C=O) groups is 1. The summed E-state index contributed by atoms with van der Waals surface area (Å²) in [4.78, 5) is 13.5. The summed E-state index contributed by atoms with van der Waals surface area (Å²) in [7, 11) is -2.03. The van der Waals surface area contributed by atoms with Crippen LogP contribution in [-0.4, -0.2) is 56.9 Å². The number of benzene rings is 1. The molecule has 6 nitrogen and oxygen atoms in total. The predicted octanol–water partition coefficient (Wildman–Crippen LogP) is 2.20. The molecule has 0 aliphatic carbocycles. The number of aryl methyl sites for hydroxylation is 1. The van der Waals surface area contributed by atoms with E-state index < -0.39 is 15.8 Å². The third kappa shape index (κ3) is 3.71. The Morgan fingerprint density at radius 1 is 1.15 bits per heavy atom. The van der Waals surface area contributed by atoms with Gasteiger partial charge in [-0.05, 0) is 55.7 Å². The van der Waals surface area contributed by atoms with Crippen molar-refractivity contribution in [1.29, 1.82) is 0 Å². The van der Waals surface area contributed by atoms with Crippen molar-refractivity contribution >= 4 is 16.1 Å². The summed E-state index contributed by atoms with van der Waals surface area (Å²) in [6.07, 6.45) is 2.61. The minimum absolute atomic E-state index is 0.0238. The van der Waals surface area contributed by atoms with Crippen molar-refractivity contribution in [3.8, 4) is 0 Å². The number of hydrogen-bond acceptors (Lipinski definition) is 3. The Labute approximate surface area is 154 Å². The van der Waals surface area contributed by atoms with Crippen LogP contribution in [0.5, 0.6) is 0 Å². The lowest BCUT2D eigenvalue weighted by atomic mass is 9.84. The maximum atomic E-state index is 13.8. The molecule has 1 aromatic carbocycles. The molecule has 0 spiro atoms. The second-order valence-electron chi connectivity index (χ2n) is 7.20. The summed E-state index contributed by atoms with van der Waals surface area (Å²) in [5, 5.41) is 2.64. The van der Waals surface area contributed by atoms with Crippen molar-refractivity contribution in [2.75, 3.05) is 33.2 Å². The maximum Gasteiger partial charge on any atom is 0.317 e. The topological polar surface area (TPSA) is 69.7 Å². The number of hydrogen-bond donors (Lipinski definition) is 1. The molecule has 1 atom stereocenters. The first-order valence-electron chi connectivity index (χ1n) is 9.06. The van der Waals surface area contributed by atoms with Crippen LogP contribution in [0.25, 0.3) is 0 Å². The van der Waals surface area contributed by atoms with E-state index >= 15 is 0 Å². The van der Waals surface area contributed by atoms with Crippen LogP contribution in [0.3, 0.4) is 0 Å². The quantitative estimate of drug-likeness (QED) is 0.870. The Hall–Kier alpha value is -1.67. The van der Waals surface area contributed by atoms with Crippen LogP contribution in [0.1, 0.15) is 24.8 Å². The van der Waals surface area contributed by atoms with Crippen LogP contribution in [-0.2, 0) is 10.0 Å². The number of rotatable bonds is 3. The van der Waals surface area contributed by atoms with Gasteiger partial charge >= 0.3 is 6.03 Å². The van der Waals surface area contributed by atoms with Crippen molar-refractivity contribution < 1.29 is 17.6 Å². The van der Waals surface area contributed by atoms with E-state index in [1.807, 2.05) is 0 Å². The molecule has 0 unspecified atom stereocenters. The fraction of sp³-hybridized carbons (Fsp3) is 0.611. The van der Waals surface area contributed by atoms with Crippen molar-refractivity contribution in [3.05, 3.63) is 29.6 Å². The number of amides is 2. The summed E-state index contributed by atoms with van der Waals surface area (Å²) in [5.74, 6) is 0.223. The molecule has 2 saturated heterocycles. The molecule has 2 heterocycles. The van der Waals surface area contributed by atoms with E-state index in [9.17, 15) is 17.6 Å². The lowest BCUT2D eigenvalue weighted by Crippen LogP contribution is -2.44. The largest absolute Gasteiger partial charge is 0.341 e. The lowest BCUT2D eigenvalue weighted by Gasteiger charge is -2.34. The van der Waals surface area contributed by atoms with Gasteiger partial charge in [0.15, 0.2) is 0 Å². The van der Waals surface area contributed by atoms with E-state index in [4.69, 9.17) is 0 Å². The van der Waals surface area contributed by atoms with Crippen LogP contribution in [0.2, 0.25) is 0 Å². The molecule has 1 aromatic rings. The van der Waals surface area contributed by atoms with Gasteiger partial charge in [-0.15, -0.1) is 0 Å². The van der Waals surface area contributed by atoms with Crippen molar-refractivity contribution in [2.24, 2.45) is 11.8 Å². The van der Waals surface area contributed by atoms with Crippen molar-refractivity contribution in [2.45, 2.75) is 31.1 Å². The van der Waals surface area contributed by atoms with E-state index in [1.54, 1.807) is 18.9 Å². The highest BCUT2D eigenvalue weighted by Gasteiger charge is 2.37. The Bertz CT molecular complexity index is 776. The molecule has 26 heavy (non-hydrogen) atoms. The van der Waals surface area contributed by atoms with E-state index in [2.05, 4.69) is 5.32 Å². The summed E-state index contributed by atoms with van der Waals surface area (Å²) < 4.78 is 40.9. The third-order valence-corrected chi connectivity index (χ3v) is 7.54. The van der Waals surface area contributed by atoms with Gasteiger partial charge in [-0.25, -0.2) is 17.6 Å². The smallest absolute Gasteiger partial charge is 0.317 e. The first-order chi connectivity index (χ1) is 12.3. The van der Waals surface area contributed by atoms with E-state index in [0.29, 0.717) is 43.6 Å². The molecule has 0 bridgehead atoms. The molecular weight excluding hydrogens is 357 g/mol. The zero-order valence-electron chi connectivity index (χ0n) is 15.2. The standard InChI is InChI=1S/C18H26FN3O3S/c1-13-3-4-16(11-17(13)19)26(24,25)22-10-7-15(12-22)14-5-8-21(9-6-14)18(23)20-2/h3-4,11,14-15H,5-10,12H2,1-2H3,(H,20,23)/t15-/m0/s1. The Morgan fingerprint density at radius 3 is 2.42 bits per heavy atom. The number of sulfonamides is 1. The minimum Gasteiger partial charge on any atom is -0.341 e. The van der Waals surface area contributed by atoms with Gasteiger partial charge in [-0.2, -0.15) is 4.31 Å². The van der Waals surface area contributed by atoms with Crippen molar-refractivity contribution in [3.63, 3.8) is 0 Å². The summed E-state index contributed by atoms with van der Waals surface area (Å²) in [6, 6.07) is 4.04. The highest BCUT2D eigenvalue weighted by molar-refractivity contribution is 7.89. The molecule has 0 saturated carbocycles. The summed E-state index contributed by atoms with van der Waals surface area (Å²) in [6.45, 7) is 3.97. The van der Waals surface area contributed by atoms with Crippen LogP contribution in [0.15, 0.2) is 23.1 Å². The molecular formula is C18H26FN3O3S. The number of piperidine rings is 1. The number of likely N-dealkylation sites (tertiary alicyclic amines) is 1. The SMILES string of the molecule is CNC(=O)N1CCC([C@H]2CCN(S(=O)(=O)c3ccc(C)c(F)c3)C2)CC1. The molecule has 2 aliphatic heterocycles. The first kappa shape index (κ1) is 19.1. The predicted molar refractivity (Wildman–Crippen MR) is 96.8 cm³/mol. The second kappa shape index (κ2) is 7.52. The number of halogens is 1.